The summed E-state index contributed by atoms with van der Waals surface area (Å²) in [5, 5.41) is 15.8. The van der Waals surface area contributed by atoms with Gasteiger partial charge in [0, 0.05) is 24.8 Å². The standard InChI is InChI=1S/C13H18N4/c1-9-7-13(12(8-14)10(2)17-9)16-6-5-15-11-3-4-11/h7,11,15H,3-6H2,1-2H3,(H,16,17). The van der Waals surface area contributed by atoms with E-state index in [1.807, 2.05) is 19.9 Å². The summed E-state index contributed by atoms with van der Waals surface area (Å²) in [6, 6.07) is 4.87. The molecule has 0 spiro atoms. The van der Waals surface area contributed by atoms with Gasteiger partial charge in [0.1, 0.15) is 6.07 Å². The van der Waals surface area contributed by atoms with Crippen molar-refractivity contribution in [2.75, 3.05) is 18.4 Å². The SMILES string of the molecule is Cc1cc(NCCNC2CC2)c(C#N)c(C)n1. The number of nitrogens with zero attached hydrogens (tertiary/aromatic N) is 2. The molecule has 2 rings (SSSR count). The molecular formula is C13H18N4. The molecule has 1 saturated carbocycles. The molecule has 0 bridgehead atoms. The zero-order valence-electron chi connectivity index (χ0n) is 10.4. The van der Waals surface area contributed by atoms with Gasteiger partial charge in [-0.25, -0.2) is 0 Å². The summed E-state index contributed by atoms with van der Waals surface area (Å²) in [6.45, 7) is 5.60. The fourth-order valence-electron chi connectivity index (χ4n) is 1.87. The fourth-order valence-corrected chi connectivity index (χ4v) is 1.87. The van der Waals surface area contributed by atoms with Gasteiger partial charge in [-0.05, 0) is 32.8 Å². The number of pyridine rings is 1. The number of aryl methyl sites for hydroxylation is 2. The van der Waals surface area contributed by atoms with E-state index in [-0.39, 0.29) is 0 Å². The summed E-state index contributed by atoms with van der Waals surface area (Å²) in [4.78, 5) is 4.29. The van der Waals surface area contributed by atoms with Gasteiger partial charge in [-0.1, -0.05) is 0 Å². The minimum absolute atomic E-state index is 0.655. The van der Waals surface area contributed by atoms with E-state index in [0.717, 1.165) is 36.2 Å². The number of anilines is 1. The Morgan fingerprint density at radius 3 is 2.82 bits per heavy atom. The molecule has 1 heterocycles. The maximum Gasteiger partial charge on any atom is 0.103 e. The average molecular weight is 230 g/mol. The van der Waals surface area contributed by atoms with E-state index in [4.69, 9.17) is 5.26 Å². The molecule has 2 N–H and O–H groups in total. The maximum atomic E-state index is 9.10. The molecule has 0 unspecified atom stereocenters. The molecule has 1 fully saturated rings. The Kier molecular flexibility index (Phi) is 3.60. The normalized spacial score (nSPS) is 14.4. The largest absolute Gasteiger partial charge is 0.383 e. The molecule has 1 aromatic rings. The molecule has 0 atom stereocenters. The third-order valence-electron chi connectivity index (χ3n) is 2.89. The van der Waals surface area contributed by atoms with E-state index in [1.54, 1.807) is 0 Å². The minimum Gasteiger partial charge on any atom is -0.383 e. The molecule has 1 aromatic heterocycles. The van der Waals surface area contributed by atoms with Crippen LogP contribution >= 0.6 is 0 Å². The van der Waals surface area contributed by atoms with Crippen molar-refractivity contribution in [2.45, 2.75) is 32.7 Å². The van der Waals surface area contributed by atoms with Crippen LogP contribution in [0.15, 0.2) is 6.07 Å². The van der Waals surface area contributed by atoms with Crippen LogP contribution in [0.5, 0.6) is 0 Å². The third-order valence-corrected chi connectivity index (χ3v) is 2.89. The lowest BCUT2D eigenvalue weighted by molar-refractivity contribution is 0.701. The second-order valence-corrected chi connectivity index (χ2v) is 4.54. The molecule has 1 aliphatic rings. The summed E-state index contributed by atoms with van der Waals surface area (Å²) in [5.74, 6) is 0. The van der Waals surface area contributed by atoms with E-state index in [1.165, 1.54) is 12.8 Å². The Bertz CT molecular complexity index is 443. The first-order valence-corrected chi connectivity index (χ1v) is 6.06. The molecule has 0 aromatic carbocycles. The number of nitriles is 1. The van der Waals surface area contributed by atoms with Crippen LogP contribution in [0.3, 0.4) is 0 Å². The first kappa shape index (κ1) is 11.9. The van der Waals surface area contributed by atoms with Crippen LogP contribution in [-0.2, 0) is 0 Å². The van der Waals surface area contributed by atoms with Crippen molar-refractivity contribution in [2.24, 2.45) is 0 Å². The first-order valence-electron chi connectivity index (χ1n) is 6.06. The Labute approximate surface area is 102 Å². The van der Waals surface area contributed by atoms with E-state index in [0.29, 0.717) is 5.56 Å². The number of hydrogen-bond donors (Lipinski definition) is 2. The van der Waals surface area contributed by atoms with E-state index < -0.39 is 0 Å². The van der Waals surface area contributed by atoms with Gasteiger partial charge in [0.25, 0.3) is 0 Å². The molecule has 0 saturated heterocycles. The van der Waals surface area contributed by atoms with Gasteiger partial charge in [-0.3, -0.25) is 4.98 Å². The fraction of sp³-hybridized carbons (Fsp3) is 0.538. The van der Waals surface area contributed by atoms with Crippen LogP contribution in [0.2, 0.25) is 0 Å². The van der Waals surface area contributed by atoms with Gasteiger partial charge in [-0.2, -0.15) is 5.26 Å². The summed E-state index contributed by atoms with van der Waals surface area (Å²) >= 11 is 0. The highest BCUT2D eigenvalue weighted by Crippen LogP contribution is 2.19. The van der Waals surface area contributed by atoms with Crippen LogP contribution in [0, 0.1) is 25.2 Å². The van der Waals surface area contributed by atoms with Crippen molar-refractivity contribution in [1.29, 1.82) is 5.26 Å². The lowest BCUT2D eigenvalue weighted by atomic mass is 10.1. The van der Waals surface area contributed by atoms with Crippen molar-refractivity contribution < 1.29 is 0 Å². The molecule has 0 radical (unpaired) electrons. The van der Waals surface area contributed by atoms with Gasteiger partial charge in [0.2, 0.25) is 0 Å². The Morgan fingerprint density at radius 1 is 1.41 bits per heavy atom. The van der Waals surface area contributed by atoms with Crippen LogP contribution in [0.25, 0.3) is 0 Å². The summed E-state index contributed by atoms with van der Waals surface area (Å²) in [6.07, 6.45) is 2.60. The monoisotopic (exact) mass is 230 g/mol. The third kappa shape index (κ3) is 3.18. The van der Waals surface area contributed by atoms with Crippen molar-refractivity contribution in [3.63, 3.8) is 0 Å². The van der Waals surface area contributed by atoms with Crippen LogP contribution in [-0.4, -0.2) is 24.1 Å². The van der Waals surface area contributed by atoms with Gasteiger partial charge in [-0.15, -0.1) is 0 Å². The Hall–Kier alpha value is -1.60. The molecule has 0 amide bonds. The van der Waals surface area contributed by atoms with E-state index >= 15 is 0 Å². The van der Waals surface area contributed by atoms with Crippen molar-refractivity contribution in [3.05, 3.63) is 23.0 Å². The molecule has 90 valence electrons. The summed E-state index contributed by atoms with van der Waals surface area (Å²) in [7, 11) is 0. The second kappa shape index (κ2) is 5.15. The maximum absolute atomic E-state index is 9.10. The minimum atomic E-state index is 0.655. The van der Waals surface area contributed by atoms with E-state index in [9.17, 15) is 0 Å². The highest BCUT2D eigenvalue weighted by atomic mass is 15.0. The average Bonchev–Trinajstić information content (AvgIpc) is 3.07. The molecule has 4 heteroatoms. The van der Waals surface area contributed by atoms with Crippen LogP contribution in [0.4, 0.5) is 5.69 Å². The highest BCUT2D eigenvalue weighted by Gasteiger charge is 2.19. The number of aromatic nitrogens is 1. The topological polar surface area (TPSA) is 60.7 Å². The van der Waals surface area contributed by atoms with Gasteiger partial charge < -0.3 is 10.6 Å². The number of hydrogen-bond acceptors (Lipinski definition) is 4. The van der Waals surface area contributed by atoms with Crippen LogP contribution in [0.1, 0.15) is 29.8 Å². The number of rotatable bonds is 5. The van der Waals surface area contributed by atoms with Gasteiger partial charge in [0.15, 0.2) is 0 Å². The van der Waals surface area contributed by atoms with E-state index in [2.05, 4.69) is 21.7 Å². The lowest BCUT2D eigenvalue weighted by Crippen LogP contribution is -2.24. The molecule has 4 nitrogen and oxygen atoms in total. The van der Waals surface area contributed by atoms with Gasteiger partial charge in [0.05, 0.1) is 16.9 Å². The predicted molar refractivity (Wildman–Crippen MR) is 67.9 cm³/mol. The van der Waals surface area contributed by atoms with Gasteiger partial charge >= 0.3 is 0 Å². The highest BCUT2D eigenvalue weighted by molar-refractivity contribution is 5.59. The zero-order chi connectivity index (χ0) is 12.3. The molecular weight excluding hydrogens is 212 g/mol. The van der Waals surface area contributed by atoms with Crippen LogP contribution < -0.4 is 10.6 Å². The zero-order valence-corrected chi connectivity index (χ0v) is 10.4. The summed E-state index contributed by atoms with van der Waals surface area (Å²) < 4.78 is 0. The predicted octanol–water partition coefficient (Wildman–Crippen LogP) is 1.73. The number of nitrogens with one attached hydrogen (secondary N) is 2. The second-order valence-electron chi connectivity index (χ2n) is 4.54. The Balaban J connectivity index is 1.95. The quantitative estimate of drug-likeness (QED) is 0.756. The van der Waals surface area contributed by atoms with Crippen molar-refractivity contribution in [3.8, 4) is 6.07 Å². The van der Waals surface area contributed by atoms with Crippen molar-refractivity contribution >= 4 is 5.69 Å². The first-order chi connectivity index (χ1) is 8.20. The molecule has 0 aliphatic heterocycles. The lowest BCUT2D eigenvalue weighted by Gasteiger charge is -2.11. The molecule has 1 aliphatic carbocycles. The smallest absolute Gasteiger partial charge is 0.103 e. The van der Waals surface area contributed by atoms with Crippen molar-refractivity contribution in [1.82, 2.24) is 10.3 Å². The summed E-state index contributed by atoms with van der Waals surface area (Å²) in [5.41, 5.74) is 3.29. The Morgan fingerprint density at radius 2 is 2.18 bits per heavy atom. The molecule has 17 heavy (non-hydrogen) atoms.